The van der Waals surface area contributed by atoms with Crippen LogP contribution in [0.1, 0.15) is 25.7 Å². The number of carbonyl (C=O) groups excluding carboxylic acids is 1. The minimum absolute atomic E-state index is 0.0135. The molecule has 0 amide bonds. The third kappa shape index (κ3) is 3.91. The molecule has 0 aromatic heterocycles. The Morgan fingerprint density at radius 3 is 2.35 bits per heavy atom. The van der Waals surface area contributed by atoms with E-state index in [9.17, 15) is 13.2 Å². The van der Waals surface area contributed by atoms with Crippen LogP contribution in [0.2, 0.25) is 0 Å². The van der Waals surface area contributed by atoms with E-state index in [0.29, 0.717) is 25.9 Å². The lowest BCUT2D eigenvalue weighted by molar-refractivity contribution is -0.146. The van der Waals surface area contributed by atoms with Crippen LogP contribution >= 0.6 is 0 Å². The monoisotopic (exact) mass is 305 g/mol. The van der Waals surface area contributed by atoms with Gasteiger partial charge >= 0.3 is 5.97 Å². The summed E-state index contributed by atoms with van der Waals surface area (Å²) in [6.07, 6.45) is 2.69. The first-order valence-electron chi connectivity index (χ1n) is 7.09. The van der Waals surface area contributed by atoms with Crippen LogP contribution in [-0.2, 0) is 19.7 Å². The summed E-state index contributed by atoms with van der Waals surface area (Å²) in [6, 6.07) is 0.0135. The molecule has 0 unspecified atom stereocenters. The Morgan fingerprint density at radius 2 is 1.80 bits per heavy atom. The van der Waals surface area contributed by atoms with E-state index in [-0.39, 0.29) is 17.9 Å². The zero-order valence-electron chi connectivity index (χ0n) is 11.8. The minimum atomic E-state index is -3.44. The second-order valence-electron chi connectivity index (χ2n) is 5.34. The van der Waals surface area contributed by atoms with Gasteiger partial charge in [-0.15, -0.1) is 0 Å². The van der Waals surface area contributed by atoms with Crippen LogP contribution in [-0.4, -0.2) is 58.0 Å². The van der Waals surface area contributed by atoms with Crippen molar-refractivity contribution in [1.82, 2.24) is 14.3 Å². The number of hydrogen-bond donors (Lipinski definition) is 2. The summed E-state index contributed by atoms with van der Waals surface area (Å²) < 4.78 is 33.5. The fourth-order valence-electron chi connectivity index (χ4n) is 2.72. The Morgan fingerprint density at radius 1 is 1.20 bits per heavy atom. The molecule has 0 aromatic rings. The molecular weight excluding hydrogens is 282 g/mol. The average molecular weight is 305 g/mol. The van der Waals surface area contributed by atoms with Gasteiger partial charge in [-0.25, -0.2) is 0 Å². The molecule has 2 aliphatic rings. The van der Waals surface area contributed by atoms with Crippen LogP contribution in [0.3, 0.4) is 0 Å². The van der Waals surface area contributed by atoms with Gasteiger partial charge in [0.1, 0.15) is 0 Å². The van der Waals surface area contributed by atoms with Crippen molar-refractivity contribution in [2.45, 2.75) is 31.7 Å². The summed E-state index contributed by atoms with van der Waals surface area (Å²) in [6.45, 7) is 2.44. The molecule has 2 N–H and O–H groups in total. The quantitative estimate of drug-likeness (QED) is 0.681. The lowest BCUT2D eigenvalue weighted by Crippen LogP contribution is -2.51. The molecule has 0 saturated carbocycles. The molecule has 0 radical (unpaired) electrons. The Labute approximate surface area is 120 Å². The van der Waals surface area contributed by atoms with Gasteiger partial charge in [0.2, 0.25) is 0 Å². The number of carbonyl (C=O) groups is 1. The standard InChI is InChI=1S/C12H23N3O4S/c1-19-12(16)10-4-8-15(9-5-10)20(17,18)14-11-2-6-13-7-3-11/h10-11,13-14H,2-9H2,1H3. The molecule has 0 aliphatic carbocycles. The highest BCUT2D eigenvalue weighted by atomic mass is 32.2. The number of methoxy groups -OCH3 is 1. The summed E-state index contributed by atoms with van der Waals surface area (Å²) in [4.78, 5) is 11.4. The summed E-state index contributed by atoms with van der Waals surface area (Å²) in [5, 5.41) is 3.20. The maximum Gasteiger partial charge on any atom is 0.308 e. The fourth-order valence-corrected chi connectivity index (χ4v) is 4.22. The first-order chi connectivity index (χ1) is 9.53. The van der Waals surface area contributed by atoms with E-state index in [2.05, 4.69) is 10.0 Å². The Hall–Kier alpha value is -0.700. The number of nitrogens with zero attached hydrogens (tertiary/aromatic N) is 1. The van der Waals surface area contributed by atoms with Crippen LogP contribution < -0.4 is 10.0 Å². The molecule has 20 heavy (non-hydrogen) atoms. The molecule has 0 bridgehead atoms. The van der Waals surface area contributed by atoms with Crippen molar-refractivity contribution in [3.05, 3.63) is 0 Å². The average Bonchev–Trinajstić information content (AvgIpc) is 2.47. The lowest BCUT2D eigenvalue weighted by atomic mass is 9.99. The largest absolute Gasteiger partial charge is 0.469 e. The van der Waals surface area contributed by atoms with Crippen molar-refractivity contribution in [3.8, 4) is 0 Å². The van der Waals surface area contributed by atoms with E-state index in [4.69, 9.17) is 4.74 Å². The molecule has 2 fully saturated rings. The molecule has 7 nitrogen and oxygen atoms in total. The Balaban J connectivity index is 1.86. The van der Waals surface area contributed by atoms with Crippen LogP contribution in [0.5, 0.6) is 0 Å². The van der Waals surface area contributed by atoms with Gasteiger partial charge in [-0.1, -0.05) is 0 Å². The maximum absolute atomic E-state index is 12.3. The van der Waals surface area contributed by atoms with Crippen molar-refractivity contribution in [2.24, 2.45) is 5.92 Å². The van der Waals surface area contributed by atoms with Gasteiger partial charge in [-0.3, -0.25) is 4.79 Å². The van der Waals surface area contributed by atoms with Crippen molar-refractivity contribution >= 4 is 16.2 Å². The lowest BCUT2D eigenvalue weighted by Gasteiger charge is -2.32. The van der Waals surface area contributed by atoms with Crippen LogP contribution in [0.15, 0.2) is 0 Å². The second-order valence-corrected chi connectivity index (χ2v) is 7.05. The van der Waals surface area contributed by atoms with E-state index in [0.717, 1.165) is 25.9 Å². The Kier molecular flexibility index (Phi) is 5.36. The second kappa shape index (κ2) is 6.84. The first kappa shape index (κ1) is 15.7. The van der Waals surface area contributed by atoms with Crippen molar-refractivity contribution in [2.75, 3.05) is 33.3 Å². The van der Waals surface area contributed by atoms with Crippen molar-refractivity contribution < 1.29 is 17.9 Å². The summed E-state index contributed by atoms with van der Waals surface area (Å²) >= 11 is 0. The zero-order chi connectivity index (χ0) is 14.6. The fraction of sp³-hybridized carbons (Fsp3) is 0.917. The van der Waals surface area contributed by atoms with E-state index in [1.165, 1.54) is 11.4 Å². The predicted molar refractivity (Wildman–Crippen MR) is 74.3 cm³/mol. The Bertz CT molecular complexity index is 426. The molecule has 0 spiro atoms. The molecule has 0 aromatic carbocycles. The number of rotatable bonds is 4. The van der Waals surface area contributed by atoms with Gasteiger partial charge in [0.15, 0.2) is 0 Å². The van der Waals surface area contributed by atoms with Gasteiger partial charge in [-0.2, -0.15) is 17.4 Å². The molecule has 2 heterocycles. The third-order valence-electron chi connectivity index (χ3n) is 3.98. The highest BCUT2D eigenvalue weighted by molar-refractivity contribution is 7.87. The van der Waals surface area contributed by atoms with Crippen LogP contribution in [0.25, 0.3) is 0 Å². The molecule has 0 atom stereocenters. The third-order valence-corrected chi connectivity index (χ3v) is 5.66. The normalized spacial score (nSPS) is 23.6. The van der Waals surface area contributed by atoms with Crippen molar-refractivity contribution in [1.29, 1.82) is 0 Å². The number of piperidine rings is 2. The predicted octanol–water partition coefficient (Wildman–Crippen LogP) is -0.542. The van der Waals surface area contributed by atoms with Gasteiger partial charge in [0, 0.05) is 19.1 Å². The first-order valence-corrected chi connectivity index (χ1v) is 8.53. The van der Waals surface area contributed by atoms with Gasteiger partial charge in [-0.05, 0) is 38.8 Å². The molecule has 116 valence electrons. The van der Waals surface area contributed by atoms with E-state index in [1.54, 1.807) is 0 Å². The van der Waals surface area contributed by atoms with Gasteiger partial charge in [0.25, 0.3) is 10.2 Å². The molecule has 2 saturated heterocycles. The minimum Gasteiger partial charge on any atom is -0.469 e. The van der Waals surface area contributed by atoms with Crippen molar-refractivity contribution in [3.63, 3.8) is 0 Å². The van der Waals surface area contributed by atoms with E-state index < -0.39 is 10.2 Å². The highest BCUT2D eigenvalue weighted by Gasteiger charge is 2.32. The zero-order valence-corrected chi connectivity index (χ0v) is 12.6. The number of ether oxygens (including phenoxy) is 1. The van der Waals surface area contributed by atoms with Crippen LogP contribution in [0.4, 0.5) is 0 Å². The van der Waals surface area contributed by atoms with E-state index >= 15 is 0 Å². The van der Waals surface area contributed by atoms with E-state index in [1.807, 2.05) is 0 Å². The molecule has 2 rings (SSSR count). The molecular formula is C12H23N3O4S. The van der Waals surface area contributed by atoms with Crippen LogP contribution in [0, 0.1) is 5.92 Å². The molecule has 8 heteroatoms. The van der Waals surface area contributed by atoms with Gasteiger partial charge < -0.3 is 10.1 Å². The summed E-state index contributed by atoms with van der Waals surface area (Å²) in [5.41, 5.74) is 0. The number of esters is 1. The molecule has 2 aliphatic heterocycles. The smallest absolute Gasteiger partial charge is 0.308 e. The maximum atomic E-state index is 12.3. The summed E-state index contributed by atoms with van der Waals surface area (Å²) in [5.74, 6) is -0.418. The number of hydrogen-bond acceptors (Lipinski definition) is 5. The van der Waals surface area contributed by atoms with Gasteiger partial charge in [0.05, 0.1) is 13.0 Å². The topological polar surface area (TPSA) is 87.7 Å². The summed E-state index contributed by atoms with van der Waals surface area (Å²) in [7, 11) is -2.07. The SMILES string of the molecule is COC(=O)C1CCN(S(=O)(=O)NC2CCNCC2)CC1. The number of nitrogens with one attached hydrogen (secondary N) is 2. The highest BCUT2D eigenvalue weighted by Crippen LogP contribution is 2.20.